The van der Waals surface area contributed by atoms with Crippen molar-refractivity contribution < 1.29 is 14.6 Å². The van der Waals surface area contributed by atoms with Crippen LogP contribution < -0.4 is 16.2 Å². The van der Waals surface area contributed by atoms with Gasteiger partial charge < -0.3 is 21.3 Å². The molecule has 1 saturated carbocycles. The van der Waals surface area contributed by atoms with Crippen molar-refractivity contribution in [3.05, 3.63) is 59.9 Å². The van der Waals surface area contributed by atoms with E-state index in [1.165, 1.54) is 0 Å². The molecule has 0 radical (unpaired) electrons. The van der Waals surface area contributed by atoms with Crippen LogP contribution >= 0.6 is 0 Å². The first-order valence-electron chi connectivity index (χ1n) is 9.42. The van der Waals surface area contributed by atoms with Gasteiger partial charge >= 0.3 is 0 Å². The fraction of sp³-hybridized carbons (Fsp3) is 0.286. The van der Waals surface area contributed by atoms with Crippen molar-refractivity contribution in [1.82, 2.24) is 14.8 Å². The lowest BCUT2D eigenvalue weighted by Crippen LogP contribution is -2.28. The second-order valence-corrected chi connectivity index (χ2v) is 7.22. The van der Waals surface area contributed by atoms with Crippen molar-refractivity contribution in [2.45, 2.75) is 30.9 Å². The van der Waals surface area contributed by atoms with E-state index in [0.717, 1.165) is 17.1 Å². The van der Waals surface area contributed by atoms with Crippen molar-refractivity contribution >= 4 is 5.91 Å². The van der Waals surface area contributed by atoms with Gasteiger partial charge in [-0.05, 0) is 37.1 Å². The number of benzene rings is 2. The van der Waals surface area contributed by atoms with Crippen molar-refractivity contribution in [1.29, 1.82) is 0 Å². The molecular weight excluding hydrogens is 370 g/mol. The number of para-hydroxylation sites is 2. The highest BCUT2D eigenvalue weighted by atomic mass is 16.5. The third-order valence-corrected chi connectivity index (χ3v) is 5.32. The number of methoxy groups -OCH3 is 1. The Labute approximate surface area is 168 Å². The van der Waals surface area contributed by atoms with Gasteiger partial charge in [0.05, 0.1) is 13.2 Å². The predicted molar refractivity (Wildman–Crippen MR) is 108 cm³/mol. The Morgan fingerprint density at radius 2 is 1.90 bits per heavy atom. The molecule has 0 bridgehead atoms. The van der Waals surface area contributed by atoms with E-state index in [4.69, 9.17) is 26.3 Å². The van der Waals surface area contributed by atoms with Crippen LogP contribution in [0.3, 0.4) is 0 Å². The molecule has 8 heteroatoms. The number of rotatable bonds is 5. The molecule has 150 valence electrons. The van der Waals surface area contributed by atoms with Crippen LogP contribution in [0.1, 0.15) is 34.9 Å². The number of hydrogen-bond donors (Lipinski definition) is 3. The molecule has 0 unspecified atom stereocenters. The van der Waals surface area contributed by atoms with Crippen LogP contribution in [-0.4, -0.2) is 45.0 Å². The summed E-state index contributed by atoms with van der Waals surface area (Å²) in [5, 5.41) is 14.9. The molecule has 0 aliphatic heterocycles. The third kappa shape index (κ3) is 3.59. The summed E-state index contributed by atoms with van der Waals surface area (Å²) >= 11 is 0. The predicted octanol–water partition coefficient (Wildman–Crippen LogP) is 1.61. The Kier molecular flexibility index (Phi) is 5.04. The molecule has 0 spiro atoms. The second kappa shape index (κ2) is 7.65. The summed E-state index contributed by atoms with van der Waals surface area (Å²) < 4.78 is 7.26. The highest BCUT2D eigenvalue weighted by Crippen LogP contribution is 2.36. The molecule has 29 heavy (non-hydrogen) atoms. The summed E-state index contributed by atoms with van der Waals surface area (Å²) in [6.45, 7) is 0. The molecule has 8 nitrogen and oxygen atoms in total. The molecule has 5 N–H and O–H groups in total. The molecule has 1 fully saturated rings. The maximum atomic E-state index is 11.3. The van der Waals surface area contributed by atoms with Gasteiger partial charge in [-0.15, -0.1) is 5.10 Å². The van der Waals surface area contributed by atoms with Gasteiger partial charge in [-0.1, -0.05) is 24.3 Å². The summed E-state index contributed by atoms with van der Waals surface area (Å²) in [5.41, 5.74) is 13.3. The lowest BCUT2D eigenvalue weighted by Gasteiger charge is -2.13. The van der Waals surface area contributed by atoms with E-state index in [9.17, 15) is 9.90 Å². The van der Waals surface area contributed by atoms with Crippen LogP contribution in [0.5, 0.6) is 5.75 Å². The standard InChI is InChI=1S/C21H23N5O3/c1-29-18-5-3-2-4-16(18)26-21(14-10-15(22)17(27)11-14)24-20(25-26)13-8-6-12(7-9-13)19(23)28/h2-9,14-15,17,27H,10-11,22H2,1H3,(H2,23,28)/t14-,15+,17+/m0/s1. The molecule has 1 heterocycles. The summed E-state index contributed by atoms with van der Waals surface area (Å²) in [6.07, 6.45) is 0.575. The van der Waals surface area contributed by atoms with Gasteiger partial charge in [0, 0.05) is 23.1 Å². The van der Waals surface area contributed by atoms with Gasteiger partial charge in [0.15, 0.2) is 5.82 Å². The van der Waals surface area contributed by atoms with Gasteiger partial charge in [0.1, 0.15) is 17.3 Å². The zero-order chi connectivity index (χ0) is 20.5. The third-order valence-electron chi connectivity index (χ3n) is 5.32. The number of primary amides is 1. The highest BCUT2D eigenvalue weighted by Gasteiger charge is 2.35. The quantitative estimate of drug-likeness (QED) is 0.604. The molecule has 2 aromatic carbocycles. The minimum atomic E-state index is -0.568. The van der Waals surface area contributed by atoms with Gasteiger partial charge in [-0.25, -0.2) is 9.67 Å². The molecular formula is C21H23N5O3. The van der Waals surface area contributed by atoms with E-state index >= 15 is 0 Å². The number of carbonyl (C=O) groups is 1. The Bertz CT molecular complexity index is 1020. The summed E-state index contributed by atoms with van der Waals surface area (Å²) in [4.78, 5) is 16.1. The van der Waals surface area contributed by atoms with Crippen molar-refractivity contribution in [2.75, 3.05) is 7.11 Å². The summed E-state index contributed by atoms with van der Waals surface area (Å²) in [7, 11) is 1.61. The van der Waals surface area contributed by atoms with E-state index in [-0.39, 0.29) is 12.0 Å². The number of carbonyl (C=O) groups excluding carboxylic acids is 1. The van der Waals surface area contributed by atoms with Crippen LogP contribution in [0.25, 0.3) is 17.1 Å². The maximum absolute atomic E-state index is 11.3. The Morgan fingerprint density at radius 3 is 2.52 bits per heavy atom. The van der Waals surface area contributed by atoms with Crippen LogP contribution in [0.15, 0.2) is 48.5 Å². The maximum Gasteiger partial charge on any atom is 0.248 e. The molecule has 3 aromatic rings. The second-order valence-electron chi connectivity index (χ2n) is 7.22. The Balaban J connectivity index is 1.81. The number of aliphatic hydroxyl groups is 1. The SMILES string of the molecule is COc1ccccc1-n1nc(-c2ccc(C(N)=O)cc2)nc1[C@H]1C[C@@H](N)[C@H](O)C1. The van der Waals surface area contributed by atoms with Gasteiger partial charge in [0.2, 0.25) is 5.91 Å². The number of amides is 1. The number of nitrogens with zero attached hydrogens (tertiary/aromatic N) is 3. The number of ether oxygens (including phenoxy) is 1. The number of aliphatic hydroxyl groups excluding tert-OH is 1. The first-order valence-corrected chi connectivity index (χ1v) is 9.42. The smallest absolute Gasteiger partial charge is 0.248 e. The van der Waals surface area contributed by atoms with Gasteiger partial charge in [-0.3, -0.25) is 4.79 Å². The zero-order valence-electron chi connectivity index (χ0n) is 16.0. The topological polar surface area (TPSA) is 129 Å². The first-order chi connectivity index (χ1) is 14.0. The largest absolute Gasteiger partial charge is 0.494 e. The summed E-state index contributed by atoms with van der Waals surface area (Å²) in [5.74, 6) is 1.37. The molecule has 1 amide bonds. The van der Waals surface area contributed by atoms with Crippen LogP contribution in [0.4, 0.5) is 0 Å². The highest BCUT2D eigenvalue weighted by molar-refractivity contribution is 5.93. The molecule has 1 aliphatic carbocycles. The van der Waals surface area contributed by atoms with Crippen molar-refractivity contribution in [3.8, 4) is 22.8 Å². The molecule has 0 saturated heterocycles. The normalized spacial score (nSPS) is 21.3. The fourth-order valence-electron chi connectivity index (χ4n) is 3.74. The van der Waals surface area contributed by atoms with E-state index in [0.29, 0.717) is 30.0 Å². The Morgan fingerprint density at radius 1 is 1.17 bits per heavy atom. The minimum absolute atomic E-state index is 0.0314. The molecule has 1 aromatic heterocycles. The molecule has 1 aliphatic rings. The number of hydrogen-bond acceptors (Lipinski definition) is 6. The Hall–Kier alpha value is -3.23. The van der Waals surface area contributed by atoms with Crippen molar-refractivity contribution in [3.63, 3.8) is 0 Å². The molecule has 4 rings (SSSR count). The lowest BCUT2D eigenvalue weighted by atomic mass is 10.1. The van der Waals surface area contributed by atoms with E-state index in [2.05, 4.69) is 0 Å². The average molecular weight is 393 g/mol. The average Bonchev–Trinajstić information content (AvgIpc) is 3.31. The first kappa shape index (κ1) is 19.1. The van der Waals surface area contributed by atoms with E-state index < -0.39 is 12.0 Å². The number of aromatic nitrogens is 3. The van der Waals surface area contributed by atoms with Crippen molar-refractivity contribution in [2.24, 2.45) is 11.5 Å². The zero-order valence-corrected chi connectivity index (χ0v) is 16.0. The van der Waals surface area contributed by atoms with Gasteiger partial charge in [-0.2, -0.15) is 0 Å². The van der Waals surface area contributed by atoms with E-state index in [1.807, 2.05) is 24.3 Å². The van der Waals surface area contributed by atoms with E-state index in [1.54, 1.807) is 36.1 Å². The van der Waals surface area contributed by atoms with Crippen LogP contribution in [-0.2, 0) is 0 Å². The monoisotopic (exact) mass is 393 g/mol. The van der Waals surface area contributed by atoms with Crippen LogP contribution in [0.2, 0.25) is 0 Å². The van der Waals surface area contributed by atoms with Gasteiger partial charge in [0.25, 0.3) is 0 Å². The lowest BCUT2D eigenvalue weighted by molar-refractivity contribution is 0.100. The van der Waals surface area contributed by atoms with Crippen LogP contribution in [0, 0.1) is 0 Å². The molecule has 3 atom stereocenters. The fourth-order valence-corrected chi connectivity index (χ4v) is 3.74. The minimum Gasteiger partial charge on any atom is -0.494 e. The summed E-state index contributed by atoms with van der Waals surface area (Å²) in [6, 6.07) is 14.1. The number of nitrogens with two attached hydrogens (primary N) is 2.